The van der Waals surface area contributed by atoms with Gasteiger partial charge in [0, 0.05) is 17.7 Å². The van der Waals surface area contributed by atoms with Crippen LogP contribution in [0.1, 0.15) is 34.8 Å². The van der Waals surface area contributed by atoms with Gasteiger partial charge in [0.05, 0.1) is 10.7 Å². The number of amides is 2. The van der Waals surface area contributed by atoms with E-state index in [9.17, 15) is 9.59 Å². The van der Waals surface area contributed by atoms with Crippen LogP contribution < -0.4 is 16.0 Å². The maximum Gasteiger partial charge on any atom is 0.257 e. The molecule has 0 heterocycles. The summed E-state index contributed by atoms with van der Waals surface area (Å²) in [6.45, 7) is 5.62. The highest BCUT2D eigenvalue weighted by atomic mass is 35.5. The highest BCUT2D eigenvalue weighted by Crippen LogP contribution is 2.25. The molecule has 0 atom stereocenters. The van der Waals surface area contributed by atoms with Crippen LogP contribution in [-0.4, -0.2) is 16.9 Å². The molecule has 0 radical (unpaired) electrons. The van der Waals surface area contributed by atoms with E-state index in [2.05, 4.69) is 16.0 Å². The topological polar surface area (TPSA) is 70.2 Å². The smallest absolute Gasteiger partial charge is 0.257 e. The van der Waals surface area contributed by atoms with Crippen LogP contribution in [0.5, 0.6) is 0 Å². The lowest BCUT2D eigenvalue weighted by atomic mass is 10.1. The second-order valence-electron chi connectivity index (χ2n) is 5.88. The number of carbonyl (C=O) groups is 2. The fraction of sp³-hybridized carbons (Fsp3) is 0.211. The number of halogens is 1. The van der Waals surface area contributed by atoms with Crippen molar-refractivity contribution < 1.29 is 9.59 Å². The van der Waals surface area contributed by atoms with Crippen LogP contribution in [0.4, 0.5) is 11.4 Å². The maximum absolute atomic E-state index is 12.4. The summed E-state index contributed by atoms with van der Waals surface area (Å²) in [5.74, 6) is -0.412. The molecule has 0 unspecified atom stereocenters. The van der Waals surface area contributed by atoms with Gasteiger partial charge in [0.1, 0.15) is 0 Å². The van der Waals surface area contributed by atoms with Crippen molar-refractivity contribution in [1.29, 1.82) is 0 Å². The van der Waals surface area contributed by atoms with Gasteiger partial charge in [-0.15, -0.1) is 0 Å². The third-order valence-corrected chi connectivity index (χ3v) is 4.06. The molecule has 7 heteroatoms. The molecule has 2 aromatic rings. The Balaban J connectivity index is 2.08. The Morgan fingerprint density at radius 2 is 1.69 bits per heavy atom. The Kier molecular flexibility index (Phi) is 6.71. The molecule has 0 aromatic heterocycles. The third-order valence-electron chi connectivity index (χ3n) is 3.53. The number of anilines is 2. The standard InChI is InChI=1S/C19H20ClN3O2S/c1-4-17(24)21-14-5-6-15(20)16(10-14)22-19(26)23-18(25)13-8-11(2)7-12(3)9-13/h5-10H,4H2,1-3H3,(H,21,24)(H2,22,23,25,26). The van der Waals surface area contributed by atoms with Crippen LogP contribution in [0.3, 0.4) is 0 Å². The lowest BCUT2D eigenvalue weighted by molar-refractivity contribution is -0.115. The molecule has 2 amide bonds. The molecule has 136 valence electrons. The summed E-state index contributed by atoms with van der Waals surface area (Å²) in [6, 6.07) is 10.6. The Morgan fingerprint density at radius 1 is 1.04 bits per heavy atom. The Bertz CT molecular complexity index is 848. The molecule has 0 bridgehead atoms. The van der Waals surface area contributed by atoms with Crippen LogP contribution in [0.2, 0.25) is 5.02 Å². The number of nitrogens with one attached hydrogen (secondary N) is 3. The number of carbonyl (C=O) groups excluding carboxylic acids is 2. The molecular weight excluding hydrogens is 370 g/mol. The van der Waals surface area contributed by atoms with Crippen molar-refractivity contribution in [2.75, 3.05) is 10.6 Å². The minimum Gasteiger partial charge on any atom is -0.331 e. The van der Waals surface area contributed by atoms with E-state index in [-0.39, 0.29) is 16.9 Å². The van der Waals surface area contributed by atoms with Crippen LogP contribution in [0.25, 0.3) is 0 Å². The van der Waals surface area contributed by atoms with Gasteiger partial charge in [0.25, 0.3) is 5.91 Å². The summed E-state index contributed by atoms with van der Waals surface area (Å²) in [5.41, 5.74) is 3.60. The van der Waals surface area contributed by atoms with Crippen LogP contribution in [0, 0.1) is 13.8 Å². The lowest BCUT2D eigenvalue weighted by Crippen LogP contribution is -2.34. The van der Waals surface area contributed by atoms with Crippen molar-refractivity contribution in [1.82, 2.24) is 5.32 Å². The van der Waals surface area contributed by atoms with Crippen LogP contribution >= 0.6 is 23.8 Å². The molecular formula is C19H20ClN3O2S. The highest BCUT2D eigenvalue weighted by Gasteiger charge is 2.11. The average molecular weight is 390 g/mol. The number of hydrogen-bond donors (Lipinski definition) is 3. The molecule has 26 heavy (non-hydrogen) atoms. The van der Waals surface area contributed by atoms with Gasteiger partial charge in [-0.05, 0) is 56.4 Å². The fourth-order valence-electron chi connectivity index (χ4n) is 2.38. The normalized spacial score (nSPS) is 10.2. The molecule has 0 saturated carbocycles. The number of rotatable bonds is 4. The Labute approximate surface area is 163 Å². The fourth-order valence-corrected chi connectivity index (χ4v) is 2.75. The molecule has 0 spiro atoms. The summed E-state index contributed by atoms with van der Waals surface area (Å²) < 4.78 is 0. The predicted octanol–water partition coefficient (Wildman–Crippen LogP) is 4.43. The molecule has 0 saturated heterocycles. The highest BCUT2D eigenvalue weighted by molar-refractivity contribution is 7.80. The molecule has 2 aromatic carbocycles. The quantitative estimate of drug-likeness (QED) is 0.676. The average Bonchev–Trinajstić information content (AvgIpc) is 2.56. The lowest BCUT2D eigenvalue weighted by Gasteiger charge is -2.13. The van der Waals surface area contributed by atoms with E-state index >= 15 is 0 Å². The van der Waals surface area contributed by atoms with Gasteiger partial charge in [0.15, 0.2) is 5.11 Å². The van der Waals surface area contributed by atoms with E-state index in [4.69, 9.17) is 23.8 Å². The number of hydrogen-bond acceptors (Lipinski definition) is 3. The van der Waals surface area contributed by atoms with Crippen molar-refractivity contribution in [2.24, 2.45) is 0 Å². The van der Waals surface area contributed by atoms with Crippen molar-refractivity contribution in [3.63, 3.8) is 0 Å². The van der Waals surface area contributed by atoms with Gasteiger partial charge < -0.3 is 10.6 Å². The first-order valence-corrected chi connectivity index (χ1v) is 8.87. The molecule has 0 fully saturated rings. The molecule has 0 aliphatic rings. The van der Waals surface area contributed by atoms with Gasteiger partial charge in [-0.1, -0.05) is 35.7 Å². The first kappa shape index (κ1) is 19.9. The second-order valence-corrected chi connectivity index (χ2v) is 6.70. The summed E-state index contributed by atoms with van der Waals surface area (Å²) in [4.78, 5) is 23.9. The number of aryl methyl sites for hydroxylation is 2. The van der Waals surface area contributed by atoms with E-state index < -0.39 is 0 Å². The maximum atomic E-state index is 12.4. The zero-order valence-electron chi connectivity index (χ0n) is 14.8. The summed E-state index contributed by atoms with van der Waals surface area (Å²) >= 11 is 11.4. The monoisotopic (exact) mass is 389 g/mol. The zero-order chi connectivity index (χ0) is 19.3. The van der Waals surface area contributed by atoms with Crippen LogP contribution in [0.15, 0.2) is 36.4 Å². The van der Waals surface area contributed by atoms with Crippen molar-refractivity contribution >= 4 is 52.1 Å². The van der Waals surface area contributed by atoms with E-state index in [0.717, 1.165) is 11.1 Å². The SMILES string of the molecule is CCC(=O)Nc1ccc(Cl)c(NC(=S)NC(=O)c2cc(C)cc(C)c2)c1. The minimum atomic E-state index is -0.305. The summed E-state index contributed by atoms with van der Waals surface area (Å²) in [7, 11) is 0. The van der Waals surface area contributed by atoms with Gasteiger partial charge in [-0.2, -0.15) is 0 Å². The number of benzene rings is 2. The third kappa shape index (κ3) is 5.54. The molecule has 2 rings (SSSR count). The first-order valence-electron chi connectivity index (χ1n) is 8.08. The van der Waals surface area contributed by atoms with Gasteiger partial charge >= 0.3 is 0 Å². The first-order chi connectivity index (χ1) is 12.3. The van der Waals surface area contributed by atoms with Crippen molar-refractivity contribution in [3.05, 3.63) is 58.1 Å². The molecule has 0 aliphatic carbocycles. The van der Waals surface area contributed by atoms with E-state index in [0.29, 0.717) is 28.4 Å². The minimum absolute atomic E-state index is 0.107. The van der Waals surface area contributed by atoms with Gasteiger partial charge in [0.2, 0.25) is 5.91 Å². The Hall–Kier alpha value is -2.44. The van der Waals surface area contributed by atoms with E-state index in [1.165, 1.54) is 0 Å². The van der Waals surface area contributed by atoms with E-state index in [1.54, 1.807) is 37.3 Å². The zero-order valence-corrected chi connectivity index (χ0v) is 16.3. The van der Waals surface area contributed by atoms with E-state index in [1.807, 2.05) is 19.9 Å². The molecule has 5 nitrogen and oxygen atoms in total. The van der Waals surface area contributed by atoms with Gasteiger partial charge in [-0.25, -0.2) is 0 Å². The molecule has 3 N–H and O–H groups in total. The molecule has 0 aliphatic heterocycles. The van der Waals surface area contributed by atoms with Crippen molar-refractivity contribution in [2.45, 2.75) is 27.2 Å². The van der Waals surface area contributed by atoms with Gasteiger partial charge in [-0.3, -0.25) is 14.9 Å². The Morgan fingerprint density at radius 3 is 2.31 bits per heavy atom. The second kappa shape index (κ2) is 8.78. The summed E-state index contributed by atoms with van der Waals surface area (Å²) in [5, 5.41) is 8.80. The number of thiocarbonyl (C=S) groups is 1. The summed E-state index contributed by atoms with van der Waals surface area (Å²) in [6.07, 6.45) is 0.371. The largest absolute Gasteiger partial charge is 0.331 e. The predicted molar refractivity (Wildman–Crippen MR) is 110 cm³/mol. The van der Waals surface area contributed by atoms with Crippen LogP contribution in [-0.2, 0) is 4.79 Å². The van der Waals surface area contributed by atoms with Crippen molar-refractivity contribution in [3.8, 4) is 0 Å².